The first-order chi connectivity index (χ1) is 18.4. The number of halogens is 6. The summed E-state index contributed by atoms with van der Waals surface area (Å²) in [7, 11) is 0. The van der Waals surface area contributed by atoms with Crippen LogP contribution in [0, 0.1) is 12.8 Å². The lowest BCUT2D eigenvalue weighted by molar-refractivity contribution is -0.193. The van der Waals surface area contributed by atoms with Gasteiger partial charge in [0, 0.05) is 18.2 Å². The number of carboxylic acids is 2. The fourth-order valence-electron chi connectivity index (χ4n) is 2.73. The summed E-state index contributed by atoms with van der Waals surface area (Å²) in [5.74, 6) is -4.15. The van der Waals surface area contributed by atoms with Crippen molar-refractivity contribution in [3.63, 3.8) is 0 Å². The predicted molar refractivity (Wildman–Crippen MR) is 131 cm³/mol. The zero-order valence-electron chi connectivity index (χ0n) is 21.4. The Bertz CT molecular complexity index is 1300. The lowest BCUT2D eigenvalue weighted by Crippen LogP contribution is -2.21. The molecule has 12 nitrogen and oxygen atoms in total. The molecule has 0 fully saturated rings. The maximum absolute atomic E-state index is 12.0. The number of nitrogens with two attached hydrogens (primary N) is 1. The highest BCUT2D eigenvalue weighted by Crippen LogP contribution is 2.24. The predicted octanol–water partition coefficient (Wildman–Crippen LogP) is 3.60. The Morgan fingerprint density at radius 1 is 1.00 bits per heavy atom. The second kappa shape index (κ2) is 14.2. The molecule has 0 bridgehead atoms. The average Bonchev–Trinajstić information content (AvgIpc) is 3.23. The van der Waals surface area contributed by atoms with Crippen LogP contribution in [0.1, 0.15) is 32.5 Å². The highest BCUT2D eigenvalue weighted by molar-refractivity contribution is 5.94. The van der Waals surface area contributed by atoms with Crippen LogP contribution in [0.25, 0.3) is 16.7 Å². The first-order valence-corrected chi connectivity index (χ1v) is 11.4. The molecule has 2 heterocycles. The maximum atomic E-state index is 12.0. The number of aryl methyl sites for hydroxylation is 1. The van der Waals surface area contributed by atoms with E-state index in [9.17, 15) is 31.1 Å². The number of alkyl halides is 6. The van der Waals surface area contributed by atoms with Crippen molar-refractivity contribution in [2.24, 2.45) is 11.7 Å². The van der Waals surface area contributed by atoms with E-state index in [1.807, 2.05) is 43.4 Å². The van der Waals surface area contributed by atoms with E-state index >= 15 is 0 Å². The van der Waals surface area contributed by atoms with Crippen LogP contribution >= 0.6 is 0 Å². The standard InChI is InChI=1S/C18H25N7O.2C2HF3O2/c1-11(2)18(26)21-13-6-7-14-15(10-13)25-12(3)23-24-17(25)16(22-14)20-9-5-4-8-19;2*3-2(4,5)1(6)7/h6-7,10-11H,4-5,8-9,19H2,1-3H3,(H,20,22)(H,21,26);2*(H,6,7). The molecule has 6 N–H and O–H groups in total. The first kappa shape index (κ1) is 33.8. The fraction of sp³-hybridized carbons (Fsp3) is 0.455. The van der Waals surface area contributed by atoms with E-state index in [1.54, 1.807) is 0 Å². The molecule has 0 saturated heterocycles. The molecule has 2 aromatic heterocycles. The van der Waals surface area contributed by atoms with E-state index in [0.717, 1.165) is 41.9 Å². The summed E-state index contributed by atoms with van der Waals surface area (Å²) in [6.07, 6.45) is -8.24. The number of benzene rings is 1. The fourth-order valence-corrected chi connectivity index (χ4v) is 2.73. The van der Waals surface area contributed by atoms with Crippen molar-refractivity contribution in [3.05, 3.63) is 24.0 Å². The molecule has 0 spiro atoms. The van der Waals surface area contributed by atoms with Gasteiger partial charge < -0.3 is 26.6 Å². The van der Waals surface area contributed by atoms with Gasteiger partial charge in [-0.1, -0.05) is 13.8 Å². The number of carbonyl (C=O) groups is 3. The number of hydrogen-bond donors (Lipinski definition) is 5. The third-order valence-electron chi connectivity index (χ3n) is 4.69. The SMILES string of the molecule is Cc1nnc2c(NCCCCN)nc3ccc(NC(=O)C(C)C)cc3n12.O=C(O)C(F)(F)F.O=C(O)C(F)(F)F. The number of amides is 1. The maximum Gasteiger partial charge on any atom is 0.490 e. The molecular weight excluding hydrogens is 556 g/mol. The van der Waals surface area contributed by atoms with Gasteiger partial charge in [-0.2, -0.15) is 26.3 Å². The monoisotopic (exact) mass is 583 g/mol. The number of aliphatic carboxylic acids is 2. The highest BCUT2D eigenvalue weighted by Gasteiger charge is 2.38. The lowest BCUT2D eigenvalue weighted by Gasteiger charge is -2.12. The van der Waals surface area contributed by atoms with Gasteiger partial charge in [0.2, 0.25) is 11.6 Å². The largest absolute Gasteiger partial charge is 0.490 e. The average molecular weight is 583 g/mol. The number of nitrogens with one attached hydrogen (secondary N) is 2. The van der Waals surface area contributed by atoms with Gasteiger partial charge in [-0.05, 0) is 44.5 Å². The van der Waals surface area contributed by atoms with Gasteiger partial charge >= 0.3 is 24.3 Å². The van der Waals surface area contributed by atoms with E-state index in [0.29, 0.717) is 18.0 Å². The number of unbranched alkanes of at least 4 members (excludes halogenated alkanes) is 1. The van der Waals surface area contributed by atoms with Crippen LogP contribution in [0.2, 0.25) is 0 Å². The number of fused-ring (bicyclic) bond motifs is 3. The molecule has 0 unspecified atom stereocenters. The number of hydrogen-bond acceptors (Lipinski definition) is 8. The highest BCUT2D eigenvalue weighted by atomic mass is 19.4. The summed E-state index contributed by atoms with van der Waals surface area (Å²) in [6.45, 7) is 7.08. The van der Waals surface area contributed by atoms with Crippen LogP contribution in [0.15, 0.2) is 18.2 Å². The zero-order chi connectivity index (χ0) is 30.8. The molecule has 0 aliphatic heterocycles. The smallest absolute Gasteiger partial charge is 0.475 e. The molecule has 222 valence electrons. The quantitative estimate of drug-likeness (QED) is 0.203. The molecule has 3 rings (SSSR count). The second-order valence-electron chi connectivity index (χ2n) is 8.24. The Kier molecular flexibility index (Phi) is 12.0. The van der Waals surface area contributed by atoms with Gasteiger partial charge in [0.1, 0.15) is 5.82 Å². The molecule has 18 heteroatoms. The molecule has 1 aromatic carbocycles. The Labute approximate surface area is 222 Å². The summed E-state index contributed by atoms with van der Waals surface area (Å²) in [6, 6.07) is 5.67. The van der Waals surface area contributed by atoms with E-state index in [2.05, 4.69) is 20.8 Å². The van der Waals surface area contributed by atoms with Crippen molar-refractivity contribution >= 4 is 46.0 Å². The van der Waals surface area contributed by atoms with Crippen molar-refractivity contribution in [2.75, 3.05) is 23.7 Å². The van der Waals surface area contributed by atoms with Gasteiger partial charge in [0.15, 0.2) is 5.82 Å². The van der Waals surface area contributed by atoms with E-state index < -0.39 is 24.3 Å². The van der Waals surface area contributed by atoms with Gasteiger partial charge in [-0.3, -0.25) is 9.20 Å². The summed E-state index contributed by atoms with van der Waals surface area (Å²) < 4.78 is 65.4. The van der Waals surface area contributed by atoms with Crippen molar-refractivity contribution in [2.45, 2.75) is 46.0 Å². The van der Waals surface area contributed by atoms with E-state index in [-0.39, 0.29) is 11.8 Å². The molecule has 3 aromatic rings. The Morgan fingerprint density at radius 2 is 1.55 bits per heavy atom. The number of nitrogens with zero attached hydrogens (tertiary/aromatic N) is 4. The van der Waals surface area contributed by atoms with Crippen LogP contribution in [-0.2, 0) is 14.4 Å². The molecule has 0 radical (unpaired) electrons. The number of carboxylic acid groups (broad SMARTS) is 2. The summed E-state index contributed by atoms with van der Waals surface area (Å²) in [5, 5.41) is 29.0. The number of aromatic nitrogens is 4. The van der Waals surface area contributed by atoms with Crippen molar-refractivity contribution in [1.82, 2.24) is 19.6 Å². The summed E-state index contributed by atoms with van der Waals surface area (Å²) in [5.41, 5.74) is 8.62. The van der Waals surface area contributed by atoms with Crippen molar-refractivity contribution < 1.29 is 50.9 Å². The summed E-state index contributed by atoms with van der Waals surface area (Å²) >= 11 is 0. The topological polar surface area (TPSA) is 185 Å². The van der Waals surface area contributed by atoms with Crippen molar-refractivity contribution in [3.8, 4) is 0 Å². The Morgan fingerprint density at radius 3 is 2.02 bits per heavy atom. The number of carbonyl (C=O) groups excluding carboxylic acids is 1. The second-order valence-corrected chi connectivity index (χ2v) is 8.24. The normalized spacial score (nSPS) is 11.4. The van der Waals surface area contributed by atoms with Crippen molar-refractivity contribution in [1.29, 1.82) is 0 Å². The zero-order valence-corrected chi connectivity index (χ0v) is 21.4. The van der Waals surface area contributed by atoms with Crippen LogP contribution < -0.4 is 16.4 Å². The molecule has 0 aliphatic carbocycles. The lowest BCUT2D eigenvalue weighted by atomic mass is 10.2. The van der Waals surface area contributed by atoms with Crippen LogP contribution in [0.5, 0.6) is 0 Å². The molecule has 0 atom stereocenters. The van der Waals surface area contributed by atoms with E-state index in [4.69, 9.17) is 30.5 Å². The van der Waals surface area contributed by atoms with Gasteiger partial charge in [0.05, 0.1) is 11.0 Å². The Balaban J connectivity index is 0.000000473. The molecule has 0 saturated carbocycles. The van der Waals surface area contributed by atoms with Crippen LogP contribution in [-0.4, -0.2) is 73.1 Å². The van der Waals surface area contributed by atoms with Gasteiger partial charge in [0.25, 0.3) is 0 Å². The van der Waals surface area contributed by atoms with E-state index in [1.165, 1.54) is 0 Å². The molecule has 0 aliphatic rings. The third-order valence-corrected chi connectivity index (χ3v) is 4.69. The molecule has 1 amide bonds. The minimum atomic E-state index is -5.08. The minimum Gasteiger partial charge on any atom is -0.475 e. The third kappa shape index (κ3) is 10.2. The number of anilines is 2. The van der Waals surface area contributed by atoms with Gasteiger partial charge in [-0.25, -0.2) is 14.6 Å². The first-order valence-electron chi connectivity index (χ1n) is 11.4. The number of rotatable bonds is 7. The minimum absolute atomic E-state index is 0.0211. The molecular formula is C22H27F6N7O5. The summed E-state index contributed by atoms with van der Waals surface area (Å²) in [4.78, 5) is 34.5. The van der Waals surface area contributed by atoms with Crippen LogP contribution in [0.4, 0.5) is 37.8 Å². The Hall–Kier alpha value is -4.22. The van der Waals surface area contributed by atoms with Gasteiger partial charge in [-0.15, -0.1) is 10.2 Å². The van der Waals surface area contributed by atoms with Crippen LogP contribution in [0.3, 0.4) is 0 Å². The molecule has 40 heavy (non-hydrogen) atoms.